The first-order valence-corrected chi connectivity index (χ1v) is 14.7. The van der Waals surface area contributed by atoms with Gasteiger partial charge in [0, 0.05) is 50.5 Å². The monoisotopic (exact) mass is 610 g/mol. The Kier molecular flexibility index (Phi) is 6.22. The van der Waals surface area contributed by atoms with Crippen molar-refractivity contribution in [2.24, 2.45) is 0 Å². The molecule has 0 spiro atoms. The van der Waals surface area contributed by atoms with E-state index in [0.717, 1.165) is 49.2 Å². The zero-order valence-electron chi connectivity index (χ0n) is 25.0. The van der Waals surface area contributed by atoms with Crippen LogP contribution < -0.4 is 0 Å². The lowest BCUT2D eigenvalue weighted by atomic mass is 10.0. The average Bonchev–Trinajstić information content (AvgIpc) is 3.64. The number of aromatic nitrogens is 3. The zero-order chi connectivity index (χ0) is 32.9. The molecule has 8 nitrogen and oxygen atoms in total. The molecule has 0 aliphatic heterocycles. The molecule has 8 heteroatoms. The summed E-state index contributed by atoms with van der Waals surface area (Å²) in [5.41, 5.74) is 8.06. The lowest BCUT2D eigenvalue weighted by molar-refractivity contribution is 1.10. The predicted molar refractivity (Wildman–Crippen MR) is 188 cm³/mol. The standard InChI is InChI=1S/C40H18N8/c1-42-26-6-10-30-29-9-5-24(23-41)17-35(29)47(36(30)18-26)40-22-34(45-4)33(25-13-15-46-16-14-25)21-39(40)48-37-19-27(43-2)7-11-31(37)32-12-8-28(44-3)20-38(32)48/h5-22H. The van der Waals surface area contributed by atoms with Gasteiger partial charge in [0.1, 0.15) is 0 Å². The van der Waals surface area contributed by atoms with Crippen LogP contribution in [0.25, 0.3) is 85.5 Å². The molecule has 0 unspecified atom stereocenters. The van der Waals surface area contributed by atoms with E-state index in [1.807, 2.05) is 81.9 Å². The molecule has 48 heavy (non-hydrogen) atoms. The predicted octanol–water partition coefficient (Wildman–Crippen LogP) is 11.0. The van der Waals surface area contributed by atoms with Gasteiger partial charge in [0.2, 0.25) is 0 Å². The van der Waals surface area contributed by atoms with Crippen LogP contribution in [0.2, 0.25) is 0 Å². The first kappa shape index (κ1) is 27.8. The van der Waals surface area contributed by atoms with Gasteiger partial charge in [-0.05, 0) is 65.7 Å². The summed E-state index contributed by atoms with van der Waals surface area (Å²) >= 11 is 0. The van der Waals surface area contributed by atoms with Crippen LogP contribution in [-0.4, -0.2) is 14.1 Å². The van der Waals surface area contributed by atoms with E-state index >= 15 is 0 Å². The maximum absolute atomic E-state index is 9.90. The number of nitrogens with zero attached hydrogens (tertiary/aromatic N) is 8. The summed E-state index contributed by atoms with van der Waals surface area (Å²) in [6.45, 7) is 31.6. The Labute approximate surface area is 274 Å². The number of benzene rings is 5. The number of nitriles is 1. The third-order valence-corrected chi connectivity index (χ3v) is 8.69. The molecule has 0 fully saturated rings. The van der Waals surface area contributed by atoms with Gasteiger partial charge in [-0.15, -0.1) is 0 Å². The van der Waals surface area contributed by atoms with Crippen LogP contribution in [0, 0.1) is 37.6 Å². The van der Waals surface area contributed by atoms with E-state index in [9.17, 15) is 5.26 Å². The molecule has 3 aromatic heterocycles. The van der Waals surface area contributed by atoms with E-state index in [2.05, 4.69) is 30.4 Å². The van der Waals surface area contributed by atoms with Crippen molar-refractivity contribution >= 4 is 66.4 Å². The molecular weight excluding hydrogens is 592 g/mol. The van der Waals surface area contributed by atoms with Crippen molar-refractivity contribution in [3.63, 3.8) is 0 Å². The van der Waals surface area contributed by atoms with Gasteiger partial charge in [0.15, 0.2) is 22.7 Å². The maximum Gasteiger partial charge on any atom is 0.197 e. The summed E-state index contributed by atoms with van der Waals surface area (Å²) in [6.07, 6.45) is 3.37. The molecule has 0 saturated carbocycles. The lowest BCUT2D eigenvalue weighted by Gasteiger charge is -2.20. The molecule has 0 aliphatic carbocycles. The van der Waals surface area contributed by atoms with E-state index in [1.165, 1.54) is 0 Å². The first-order valence-electron chi connectivity index (χ1n) is 14.7. The molecule has 0 radical (unpaired) electrons. The van der Waals surface area contributed by atoms with Gasteiger partial charge in [-0.1, -0.05) is 42.5 Å². The molecule has 5 aromatic carbocycles. The average molecular weight is 611 g/mol. The summed E-state index contributed by atoms with van der Waals surface area (Å²) < 4.78 is 4.06. The highest BCUT2D eigenvalue weighted by Gasteiger charge is 2.23. The number of hydrogen-bond donors (Lipinski definition) is 0. The SMILES string of the molecule is [C-]#[N+]c1ccc2c3ccc(C#N)cc3n(-c3cc([N+]#[C-])c(-c4ccncc4)cc3-n3c4cc([N+]#[C-])ccc4c4ccc([N+]#[C-])cc43)c2c1. The zero-order valence-corrected chi connectivity index (χ0v) is 25.0. The topological polar surface area (TPSA) is 64.0 Å². The number of fused-ring (bicyclic) bond motifs is 6. The summed E-state index contributed by atoms with van der Waals surface area (Å²) in [5, 5.41) is 13.5. The van der Waals surface area contributed by atoms with Crippen molar-refractivity contribution < 1.29 is 0 Å². The van der Waals surface area contributed by atoms with Crippen molar-refractivity contribution in [2.75, 3.05) is 0 Å². The van der Waals surface area contributed by atoms with Crippen molar-refractivity contribution in [1.82, 2.24) is 14.1 Å². The minimum absolute atomic E-state index is 0.400. The van der Waals surface area contributed by atoms with Gasteiger partial charge in [-0.3, -0.25) is 4.98 Å². The second-order valence-corrected chi connectivity index (χ2v) is 11.2. The van der Waals surface area contributed by atoms with Crippen LogP contribution in [0.3, 0.4) is 0 Å². The molecule has 0 amide bonds. The molecular formula is C40H18N8. The van der Waals surface area contributed by atoms with Crippen molar-refractivity contribution in [3.8, 4) is 28.6 Å². The van der Waals surface area contributed by atoms with Crippen LogP contribution in [0.4, 0.5) is 22.7 Å². The van der Waals surface area contributed by atoms with Gasteiger partial charge < -0.3 is 9.13 Å². The van der Waals surface area contributed by atoms with Crippen LogP contribution >= 0.6 is 0 Å². The molecule has 0 atom stereocenters. The molecule has 3 heterocycles. The van der Waals surface area contributed by atoms with Crippen molar-refractivity contribution in [2.45, 2.75) is 0 Å². The fourth-order valence-corrected chi connectivity index (χ4v) is 6.58. The molecule has 8 aromatic rings. The number of pyridine rings is 1. The van der Waals surface area contributed by atoms with Gasteiger partial charge in [0.05, 0.1) is 54.8 Å². The molecule has 8 rings (SSSR count). The fraction of sp³-hybridized carbons (Fsp3) is 0. The molecule has 218 valence electrons. The Bertz CT molecular complexity index is 2750. The van der Waals surface area contributed by atoms with E-state index in [0.29, 0.717) is 45.3 Å². The highest BCUT2D eigenvalue weighted by Crippen LogP contribution is 2.44. The summed E-state index contributed by atoms with van der Waals surface area (Å²) in [7, 11) is 0. The van der Waals surface area contributed by atoms with Crippen LogP contribution in [-0.2, 0) is 0 Å². The Morgan fingerprint density at radius 1 is 0.521 bits per heavy atom. The third kappa shape index (κ3) is 4.08. The van der Waals surface area contributed by atoms with Gasteiger partial charge >= 0.3 is 0 Å². The van der Waals surface area contributed by atoms with E-state index in [1.54, 1.807) is 36.7 Å². The van der Waals surface area contributed by atoms with Crippen LogP contribution in [0.15, 0.2) is 109 Å². The summed E-state index contributed by atoms with van der Waals surface area (Å²) in [6, 6.07) is 31.9. The number of rotatable bonds is 3. The summed E-state index contributed by atoms with van der Waals surface area (Å²) in [5.74, 6) is 0. The molecule has 0 N–H and O–H groups in total. The normalized spacial score (nSPS) is 10.8. The Balaban J connectivity index is 1.63. The second-order valence-electron chi connectivity index (χ2n) is 11.2. The first-order chi connectivity index (χ1) is 23.6. The molecule has 0 saturated heterocycles. The highest BCUT2D eigenvalue weighted by atomic mass is 15.1. The van der Waals surface area contributed by atoms with Crippen molar-refractivity contribution in [3.05, 3.63) is 161 Å². The lowest BCUT2D eigenvalue weighted by Crippen LogP contribution is -2.04. The fourth-order valence-electron chi connectivity index (χ4n) is 6.58. The molecule has 0 bridgehead atoms. The van der Waals surface area contributed by atoms with Gasteiger partial charge in [-0.25, -0.2) is 19.4 Å². The van der Waals surface area contributed by atoms with E-state index in [-0.39, 0.29) is 0 Å². The smallest absolute Gasteiger partial charge is 0.197 e. The van der Waals surface area contributed by atoms with E-state index < -0.39 is 0 Å². The van der Waals surface area contributed by atoms with Crippen LogP contribution in [0.1, 0.15) is 5.56 Å². The van der Waals surface area contributed by atoms with Crippen LogP contribution in [0.5, 0.6) is 0 Å². The maximum atomic E-state index is 9.90. The second kappa shape index (κ2) is 10.7. The number of hydrogen-bond acceptors (Lipinski definition) is 2. The quantitative estimate of drug-likeness (QED) is 0.187. The van der Waals surface area contributed by atoms with E-state index in [4.69, 9.17) is 26.3 Å². The summed E-state index contributed by atoms with van der Waals surface area (Å²) in [4.78, 5) is 19.3. The third-order valence-electron chi connectivity index (χ3n) is 8.69. The van der Waals surface area contributed by atoms with Gasteiger partial charge in [-0.2, -0.15) is 5.26 Å². The Hall–Kier alpha value is -7.70. The highest BCUT2D eigenvalue weighted by molar-refractivity contribution is 6.13. The van der Waals surface area contributed by atoms with Crippen molar-refractivity contribution in [1.29, 1.82) is 5.26 Å². The largest absolute Gasteiger partial charge is 0.310 e. The Morgan fingerprint density at radius 2 is 0.979 bits per heavy atom. The van der Waals surface area contributed by atoms with Gasteiger partial charge in [0.25, 0.3) is 0 Å². The molecule has 0 aliphatic rings. The minimum atomic E-state index is 0.400. The Morgan fingerprint density at radius 3 is 1.44 bits per heavy atom. The minimum Gasteiger partial charge on any atom is -0.310 e.